The minimum atomic E-state index is -0.797. The number of rotatable bonds is 7. The summed E-state index contributed by atoms with van der Waals surface area (Å²) in [6, 6.07) is 9.05. The van der Waals surface area contributed by atoms with Gasteiger partial charge in [0.1, 0.15) is 11.5 Å². The number of methoxy groups -OCH3 is 2. The summed E-state index contributed by atoms with van der Waals surface area (Å²) in [7, 11) is 2.99. The predicted molar refractivity (Wildman–Crippen MR) is 92.5 cm³/mol. The average Bonchev–Trinajstić information content (AvgIpc) is 2.65. The molecule has 2 aromatic carbocycles. The second-order valence-corrected chi connectivity index (χ2v) is 5.18. The highest BCUT2D eigenvalue weighted by atomic mass is 16.7. The van der Waals surface area contributed by atoms with E-state index in [9.17, 15) is 14.9 Å². The van der Waals surface area contributed by atoms with Gasteiger partial charge in [0.15, 0.2) is 0 Å². The Hall–Kier alpha value is -3.30. The Morgan fingerprint density at radius 2 is 1.88 bits per heavy atom. The lowest BCUT2D eigenvalue weighted by Crippen LogP contribution is -2.32. The summed E-state index contributed by atoms with van der Waals surface area (Å²) >= 11 is 0. The van der Waals surface area contributed by atoms with Crippen molar-refractivity contribution in [2.45, 2.75) is 6.92 Å². The van der Waals surface area contributed by atoms with Gasteiger partial charge in [-0.3, -0.25) is 10.1 Å². The van der Waals surface area contributed by atoms with Crippen molar-refractivity contribution in [1.29, 1.82) is 0 Å². The smallest absolute Gasteiger partial charge is 0.356 e. The number of nitro groups is 1. The van der Waals surface area contributed by atoms with Gasteiger partial charge in [-0.1, -0.05) is 12.1 Å². The van der Waals surface area contributed by atoms with Crippen molar-refractivity contribution in [1.82, 2.24) is 5.48 Å². The van der Waals surface area contributed by atoms with Crippen molar-refractivity contribution in [2.75, 3.05) is 14.2 Å². The van der Waals surface area contributed by atoms with Gasteiger partial charge >= 0.3 is 5.97 Å². The Kier molecular flexibility index (Phi) is 5.99. The maximum Gasteiger partial charge on any atom is 0.356 e. The molecule has 0 bridgehead atoms. The molecule has 3 N–H and O–H groups in total. The lowest BCUT2D eigenvalue weighted by molar-refractivity contribution is -0.385. The van der Waals surface area contributed by atoms with Crippen LogP contribution in [0.5, 0.6) is 11.5 Å². The van der Waals surface area contributed by atoms with Crippen LogP contribution in [0.1, 0.15) is 21.5 Å². The van der Waals surface area contributed by atoms with Gasteiger partial charge in [-0.05, 0) is 19.2 Å². The molecule has 2 aromatic rings. The number of benzene rings is 2. The molecule has 0 spiro atoms. The summed E-state index contributed by atoms with van der Waals surface area (Å²) in [6.07, 6.45) is 0.0578. The third-order valence-electron chi connectivity index (χ3n) is 3.67. The van der Waals surface area contributed by atoms with Crippen molar-refractivity contribution in [3.8, 4) is 11.5 Å². The molecule has 0 saturated carbocycles. The summed E-state index contributed by atoms with van der Waals surface area (Å²) in [5.74, 6) is 0.179. The standard InChI is InChI=1S/C17H18N3O6/c1-10-12(5-4-6-13(10)20(22)23)17(21)26-19-16(18)11-7-8-14(24-2)15(9-11)25-3/h4-9,19H,18H2,1-3H3/q-1. The first kappa shape index (κ1) is 19.0. The number of ether oxygens (including phenoxy) is 2. The van der Waals surface area contributed by atoms with E-state index in [4.69, 9.17) is 20.0 Å². The van der Waals surface area contributed by atoms with Gasteiger partial charge in [-0.2, -0.15) is 17.1 Å². The molecule has 9 nitrogen and oxygen atoms in total. The molecule has 0 unspecified atom stereocenters. The number of nitro benzene ring substituents is 1. The van der Waals surface area contributed by atoms with Crippen molar-refractivity contribution in [3.05, 3.63) is 69.4 Å². The molecule has 0 fully saturated rings. The normalized spacial score (nSPS) is 10.2. The first-order valence-electron chi connectivity index (χ1n) is 7.45. The Morgan fingerprint density at radius 3 is 2.50 bits per heavy atom. The highest BCUT2D eigenvalue weighted by molar-refractivity contribution is 5.92. The van der Waals surface area contributed by atoms with E-state index in [0.717, 1.165) is 0 Å². The van der Waals surface area contributed by atoms with E-state index < -0.39 is 10.9 Å². The topological polar surface area (TPSA) is 126 Å². The Morgan fingerprint density at radius 1 is 1.19 bits per heavy atom. The number of hydroxylamine groups is 1. The molecule has 0 atom stereocenters. The molecular formula is C17H18N3O6-. The lowest BCUT2D eigenvalue weighted by Gasteiger charge is -2.23. The molecule has 26 heavy (non-hydrogen) atoms. The molecule has 0 aliphatic rings. The number of hydrogen-bond acceptors (Lipinski definition) is 8. The van der Waals surface area contributed by atoms with Crippen LogP contribution in [-0.4, -0.2) is 25.1 Å². The summed E-state index contributed by atoms with van der Waals surface area (Å²) in [5.41, 5.74) is 8.82. The van der Waals surface area contributed by atoms with Crippen LogP contribution in [0.2, 0.25) is 0 Å². The van der Waals surface area contributed by atoms with Crippen LogP contribution in [-0.2, 0) is 4.84 Å². The van der Waals surface area contributed by atoms with Crippen LogP contribution in [0.15, 0.2) is 36.4 Å². The molecule has 0 aromatic heterocycles. The minimum Gasteiger partial charge on any atom is -0.506 e. The van der Waals surface area contributed by atoms with Gasteiger partial charge in [0.25, 0.3) is 5.69 Å². The maximum absolute atomic E-state index is 12.2. The Balaban J connectivity index is 2.10. The van der Waals surface area contributed by atoms with E-state index >= 15 is 0 Å². The zero-order chi connectivity index (χ0) is 19.3. The van der Waals surface area contributed by atoms with Crippen LogP contribution in [0.3, 0.4) is 0 Å². The molecular weight excluding hydrogens is 342 g/mol. The summed E-state index contributed by atoms with van der Waals surface area (Å²) in [6.45, 7) is 1.47. The van der Waals surface area contributed by atoms with Crippen molar-refractivity contribution >= 4 is 11.7 Å². The highest BCUT2D eigenvalue weighted by Crippen LogP contribution is 2.29. The monoisotopic (exact) mass is 360 g/mol. The second-order valence-electron chi connectivity index (χ2n) is 5.18. The van der Waals surface area contributed by atoms with E-state index in [-0.39, 0.29) is 23.0 Å². The van der Waals surface area contributed by atoms with Crippen LogP contribution in [0, 0.1) is 23.2 Å². The molecule has 0 aliphatic heterocycles. The molecule has 2 rings (SSSR count). The number of hydrogen-bond donors (Lipinski definition) is 2. The second kappa shape index (κ2) is 8.19. The molecule has 9 heteroatoms. The molecule has 0 heterocycles. The molecule has 0 radical (unpaired) electrons. The fourth-order valence-corrected chi connectivity index (χ4v) is 2.26. The SMILES string of the molecule is COc1ccc([C-](N)NOC(=O)c2cccc([N+](=O)[O-])c2C)cc1OC. The number of nitrogens with one attached hydrogen (secondary N) is 1. The maximum atomic E-state index is 12.2. The predicted octanol–water partition coefficient (Wildman–Crippen LogP) is 2.08. The van der Waals surface area contributed by atoms with E-state index in [1.165, 1.54) is 39.3 Å². The van der Waals surface area contributed by atoms with Gasteiger partial charge in [0, 0.05) is 11.6 Å². The van der Waals surface area contributed by atoms with Crippen molar-refractivity contribution in [2.24, 2.45) is 5.73 Å². The van der Waals surface area contributed by atoms with E-state index in [2.05, 4.69) is 5.48 Å². The third-order valence-corrected chi connectivity index (χ3v) is 3.67. The van der Waals surface area contributed by atoms with Gasteiger partial charge in [0.05, 0.1) is 24.7 Å². The van der Waals surface area contributed by atoms with Crippen LogP contribution in [0.25, 0.3) is 0 Å². The largest absolute Gasteiger partial charge is 0.506 e. The zero-order valence-corrected chi connectivity index (χ0v) is 14.4. The van der Waals surface area contributed by atoms with Crippen LogP contribution < -0.4 is 20.7 Å². The van der Waals surface area contributed by atoms with Gasteiger partial charge in [-0.25, -0.2) is 4.79 Å². The van der Waals surface area contributed by atoms with E-state index in [1.807, 2.05) is 0 Å². The first-order valence-corrected chi connectivity index (χ1v) is 7.45. The fraction of sp³-hybridized carbons (Fsp3) is 0.176. The Bertz CT molecular complexity index is 824. The highest BCUT2D eigenvalue weighted by Gasteiger charge is 2.19. The lowest BCUT2D eigenvalue weighted by atomic mass is 10.1. The number of carbonyl (C=O) groups excluding carboxylic acids is 1. The minimum absolute atomic E-state index is 0.0578. The van der Waals surface area contributed by atoms with Crippen molar-refractivity contribution < 1.29 is 24.0 Å². The summed E-state index contributed by atoms with van der Waals surface area (Å²) in [5, 5.41) is 11.0. The van der Waals surface area contributed by atoms with Crippen molar-refractivity contribution in [3.63, 3.8) is 0 Å². The molecule has 0 aliphatic carbocycles. The third kappa shape index (κ3) is 4.02. The average molecular weight is 360 g/mol. The van der Waals surface area contributed by atoms with Gasteiger partial charge in [0.2, 0.25) is 0 Å². The summed E-state index contributed by atoms with van der Waals surface area (Å²) < 4.78 is 10.3. The number of nitrogens with two attached hydrogens (primary N) is 1. The fourth-order valence-electron chi connectivity index (χ4n) is 2.26. The molecule has 138 valence electrons. The number of carbonyl (C=O) groups is 1. The van der Waals surface area contributed by atoms with E-state index in [1.54, 1.807) is 18.2 Å². The Labute approximate surface area is 149 Å². The number of nitrogens with zero attached hydrogens (tertiary/aromatic N) is 1. The summed E-state index contributed by atoms with van der Waals surface area (Å²) in [4.78, 5) is 27.5. The molecule has 0 saturated heterocycles. The molecule has 0 amide bonds. The zero-order valence-electron chi connectivity index (χ0n) is 14.4. The van der Waals surface area contributed by atoms with Crippen LogP contribution >= 0.6 is 0 Å². The quantitative estimate of drug-likeness (QED) is 0.437. The van der Waals surface area contributed by atoms with Gasteiger partial charge < -0.3 is 20.0 Å². The van der Waals surface area contributed by atoms with Crippen LogP contribution in [0.4, 0.5) is 5.69 Å². The van der Waals surface area contributed by atoms with E-state index in [0.29, 0.717) is 17.1 Å². The van der Waals surface area contributed by atoms with Gasteiger partial charge in [-0.15, -0.1) is 6.07 Å². The first-order chi connectivity index (χ1) is 12.4.